The van der Waals surface area contributed by atoms with Crippen LogP contribution in [0, 0.1) is 6.92 Å². The predicted octanol–water partition coefficient (Wildman–Crippen LogP) is 4.21. The fourth-order valence-corrected chi connectivity index (χ4v) is 3.88. The van der Waals surface area contributed by atoms with Crippen LogP contribution in [0.2, 0.25) is 0 Å². The fraction of sp³-hybridized carbons (Fsp3) is 0.364. The Morgan fingerprint density at radius 1 is 1.19 bits per heavy atom. The van der Waals surface area contributed by atoms with E-state index in [2.05, 4.69) is 10.1 Å². The van der Waals surface area contributed by atoms with Crippen LogP contribution in [0.25, 0.3) is 11.3 Å². The lowest BCUT2D eigenvalue weighted by molar-refractivity contribution is 0.0817. The Labute approximate surface area is 178 Å². The van der Waals surface area contributed by atoms with Crippen LogP contribution < -0.4 is 9.64 Å². The minimum atomic E-state index is -2.57. The van der Waals surface area contributed by atoms with Crippen molar-refractivity contribution in [2.75, 3.05) is 11.5 Å². The van der Waals surface area contributed by atoms with E-state index in [1.165, 1.54) is 6.20 Å². The standard InChI is InChI=1S/C22H23F2N5O2/c1-5-28-11-15(9-26-28)29-21(30)19-13(2)6-17(27-20(19)22(29,3)4)14-7-16(10-25-8-14)31-12-18(23)24/h6-11,18H,5,12H2,1-4H3. The van der Waals surface area contributed by atoms with Gasteiger partial charge in [-0.15, -0.1) is 0 Å². The van der Waals surface area contributed by atoms with Crippen LogP contribution in [-0.2, 0) is 12.1 Å². The number of aromatic nitrogens is 4. The van der Waals surface area contributed by atoms with Crippen LogP contribution in [0.1, 0.15) is 42.4 Å². The van der Waals surface area contributed by atoms with E-state index < -0.39 is 18.6 Å². The van der Waals surface area contributed by atoms with Crippen LogP contribution >= 0.6 is 0 Å². The molecule has 0 aliphatic carbocycles. The van der Waals surface area contributed by atoms with Crippen LogP contribution in [-0.4, -0.2) is 38.7 Å². The van der Waals surface area contributed by atoms with Crippen LogP contribution in [0.5, 0.6) is 5.75 Å². The highest BCUT2D eigenvalue weighted by atomic mass is 19.3. The first-order chi connectivity index (χ1) is 14.7. The maximum Gasteiger partial charge on any atom is 0.272 e. The van der Waals surface area contributed by atoms with Gasteiger partial charge < -0.3 is 4.74 Å². The van der Waals surface area contributed by atoms with E-state index in [0.717, 1.165) is 5.56 Å². The molecule has 0 atom stereocenters. The summed E-state index contributed by atoms with van der Waals surface area (Å²) >= 11 is 0. The molecule has 3 aromatic heterocycles. The van der Waals surface area contributed by atoms with Crippen molar-refractivity contribution < 1.29 is 18.3 Å². The molecule has 3 aromatic rings. The van der Waals surface area contributed by atoms with Crippen molar-refractivity contribution >= 4 is 11.6 Å². The van der Waals surface area contributed by atoms with Gasteiger partial charge in [0, 0.05) is 24.5 Å². The quantitative estimate of drug-likeness (QED) is 0.589. The maximum absolute atomic E-state index is 13.3. The highest BCUT2D eigenvalue weighted by Gasteiger charge is 2.46. The van der Waals surface area contributed by atoms with Crippen molar-refractivity contribution in [2.45, 2.75) is 46.2 Å². The number of nitrogens with zero attached hydrogens (tertiary/aromatic N) is 5. The zero-order valence-electron chi connectivity index (χ0n) is 17.8. The van der Waals surface area contributed by atoms with Crippen molar-refractivity contribution in [1.82, 2.24) is 19.7 Å². The first kappa shape index (κ1) is 20.9. The molecule has 0 aromatic carbocycles. The Bertz CT molecular complexity index is 1140. The minimum Gasteiger partial charge on any atom is -0.486 e. The predicted molar refractivity (Wildman–Crippen MR) is 111 cm³/mol. The zero-order chi connectivity index (χ0) is 22.3. The van der Waals surface area contributed by atoms with Gasteiger partial charge in [-0.1, -0.05) is 0 Å². The summed E-state index contributed by atoms with van der Waals surface area (Å²) < 4.78 is 31.8. The highest BCUT2D eigenvalue weighted by Crippen LogP contribution is 2.43. The highest BCUT2D eigenvalue weighted by molar-refractivity contribution is 6.12. The number of carbonyl (C=O) groups excluding carboxylic acids is 1. The third-order valence-corrected chi connectivity index (χ3v) is 5.36. The molecule has 162 valence electrons. The molecule has 0 spiro atoms. The number of carbonyl (C=O) groups is 1. The normalized spacial score (nSPS) is 14.9. The van der Waals surface area contributed by atoms with Gasteiger partial charge in [0.05, 0.1) is 40.6 Å². The van der Waals surface area contributed by atoms with E-state index in [1.54, 1.807) is 34.1 Å². The van der Waals surface area contributed by atoms with Gasteiger partial charge in [-0.3, -0.25) is 19.4 Å². The Balaban J connectivity index is 1.75. The molecule has 4 rings (SSSR count). The van der Waals surface area contributed by atoms with E-state index in [-0.39, 0.29) is 11.7 Å². The second kappa shape index (κ2) is 7.72. The largest absolute Gasteiger partial charge is 0.486 e. The number of hydrogen-bond donors (Lipinski definition) is 0. The molecule has 1 aliphatic rings. The van der Waals surface area contributed by atoms with E-state index in [4.69, 9.17) is 9.72 Å². The first-order valence-electron chi connectivity index (χ1n) is 9.98. The first-order valence-corrected chi connectivity index (χ1v) is 9.98. The number of ether oxygens (including phenoxy) is 1. The van der Waals surface area contributed by atoms with E-state index >= 15 is 0 Å². The lowest BCUT2D eigenvalue weighted by atomic mass is 9.96. The maximum atomic E-state index is 13.3. The Morgan fingerprint density at radius 3 is 2.65 bits per heavy atom. The molecule has 1 amide bonds. The Kier molecular flexibility index (Phi) is 5.20. The number of aryl methyl sites for hydroxylation is 2. The van der Waals surface area contributed by atoms with Crippen molar-refractivity contribution in [1.29, 1.82) is 0 Å². The summed E-state index contributed by atoms with van der Waals surface area (Å²) in [5.74, 6) is 0.112. The number of alkyl halides is 2. The number of anilines is 1. The van der Waals surface area contributed by atoms with Crippen molar-refractivity contribution in [3.05, 3.63) is 53.7 Å². The Hall–Kier alpha value is -3.36. The van der Waals surface area contributed by atoms with Gasteiger partial charge in [-0.05, 0) is 45.4 Å². The van der Waals surface area contributed by atoms with Crippen molar-refractivity contribution in [2.24, 2.45) is 0 Å². The molecule has 0 radical (unpaired) electrons. The van der Waals surface area contributed by atoms with Gasteiger partial charge in [0.25, 0.3) is 12.3 Å². The lowest BCUT2D eigenvalue weighted by Crippen LogP contribution is -2.39. The van der Waals surface area contributed by atoms with E-state index in [0.29, 0.717) is 34.7 Å². The second-order valence-electron chi connectivity index (χ2n) is 7.91. The van der Waals surface area contributed by atoms with Gasteiger partial charge in [-0.2, -0.15) is 5.10 Å². The monoisotopic (exact) mass is 427 g/mol. The smallest absolute Gasteiger partial charge is 0.272 e. The van der Waals surface area contributed by atoms with Crippen LogP contribution in [0.4, 0.5) is 14.5 Å². The molecule has 0 saturated heterocycles. The summed E-state index contributed by atoms with van der Waals surface area (Å²) in [6.07, 6.45) is 3.93. The topological polar surface area (TPSA) is 73.1 Å². The van der Waals surface area contributed by atoms with Crippen molar-refractivity contribution in [3.63, 3.8) is 0 Å². The van der Waals surface area contributed by atoms with E-state index in [1.807, 2.05) is 33.9 Å². The third kappa shape index (κ3) is 3.64. The molecule has 9 heteroatoms. The molecule has 0 N–H and O–H groups in total. The summed E-state index contributed by atoms with van der Waals surface area (Å²) in [7, 11) is 0. The van der Waals surface area contributed by atoms with Gasteiger partial charge >= 0.3 is 0 Å². The summed E-state index contributed by atoms with van der Waals surface area (Å²) in [6.45, 7) is 7.72. The molecular formula is C22H23F2N5O2. The Morgan fingerprint density at radius 2 is 1.97 bits per heavy atom. The fourth-order valence-electron chi connectivity index (χ4n) is 3.88. The van der Waals surface area contributed by atoms with Crippen LogP contribution in [0.15, 0.2) is 36.9 Å². The number of halogens is 2. The van der Waals surface area contributed by atoms with E-state index in [9.17, 15) is 13.6 Å². The molecule has 0 bridgehead atoms. The summed E-state index contributed by atoms with van der Waals surface area (Å²) in [4.78, 5) is 23.9. The summed E-state index contributed by atoms with van der Waals surface area (Å²) in [5.41, 5.74) is 3.22. The lowest BCUT2D eigenvalue weighted by Gasteiger charge is -2.30. The molecule has 0 fully saturated rings. The molecule has 1 aliphatic heterocycles. The molecular weight excluding hydrogens is 404 g/mol. The van der Waals surface area contributed by atoms with Gasteiger partial charge in [0.1, 0.15) is 12.4 Å². The summed E-state index contributed by atoms with van der Waals surface area (Å²) in [6, 6.07) is 3.43. The minimum absolute atomic E-state index is 0.126. The average molecular weight is 427 g/mol. The van der Waals surface area contributed by atoms with Gasteiger partial charge in [-0.25, -0.2) is 13.8 Å². The number of hydrogen-bond acceptors (Lipinski definition) is 5. The molecule has 7 nitrogen and oxygen atoms in total. The van der Waals surface area contributed by atoms with Crippen molar-refractivity contribution in [3.8, 4) is 17.0 Å². The number of fused-ring (bicyclic) bond motifs is 1. The molecule has 4 heterocycles. The third-order valence-electron chi connectivity index (χ3n) is 5.36. The van der Waals surface area contributed by atoms with Gasteiger partial charge in [0.2, 0.25) is 0 Å². The number of rotatable bonds is 6. The SMILES string of the molecule is CCn1cc(N2C(=O)c3c(C)cc(-c4cncc(OCC(F)F)c4)nc3C2(C)C)cn1. The molecule has 0 saturated carbocycles. The summed E-state index contributed by atoms with van der Waals surface area (Å²) in [5, 5.41) is 4.30. The van der Waals surface area contributed by atoms with Crippen LogP contribution in [0.3, 0.4) is 0 Å². The molecule has 31 heavy (non-hydrogen) atoms. The molecule has 0 unspecified atom stereocenters. The number of pyridine rings is 2. The van der Waals surface area contributed by atoms with Gasteiger partial charge in [0.15, 0.2) is 0 Å². The zero-order valence-corrected chi connectivity index (χ0v) is 17.8. The average Bonchev–Trinajstić information content (AvgIpc) is 3.27. The number of amides is 1. The second-order valence-corrected chi connectivity index (χ2v) is 7.91.